The number of anilines is 1. The second kappa shape index (κ2) is 5.69. The van der Waals surface area contributed by atoms with E-state index in [1.807, 2.05) is 18.2 Å². The van der Waals surface area contributed by atoms with Crippen LogP contribution in [-0.2, 0) is 4.79 Å². The van der Waals surface area contributed by atoms with Crippen LogP contribution in [0.2, 0.25) is 0 Å². The number of nitrogens with zero attached hydrogens (tertiary/aromatic N) is 2. The highest BCUT2D eigenvalue weighted by Gasteiger charge is 2.18. The highest BCUT2D eigenvalue weighted by Crippen LogP contribution is 2.12. The smallest absolute Gasteiger partial charge is 0.324 e. The van der Waals surface area contributed by atoms with Gasteiger partial charge in [0.05, 0.1) is 0 Å². The second-order valence-corrected chi connectivity index (χ2v) is 4.72. The van der Waals surface area contributed by atoms with E-state index in [2.05, 4.69) is 10.3 Å². The SMILES string of the molecule is Cc1cc(C)n(C(C)C(=O)Nc2ccccc2)c(=O)n1. The Morgan fingerprint density at radius 3 is 2.50 bits per heavy atom. The minimum atomic E-state index is -0.615. The third-order valence-electron chi connectivity index (χ3n) is 3.08. The van der Waals surface area contributed by atoms with Crippen LogP contribution in [0.4, 0.5) is 5.69 Å². The summed E-state index contributed by atoms with van der Waals surface area (Å²) in [7, 11) is 0. The van der Waals surface area contributed by atoms with Crippen molar-refractivity contribution in [1.82, 2.24) is 9.55 Å². The van der Waals surface area contributed by atoms with Gasteiger partial charge in [-0.3, -0.25) is 9.36 Å². The lowest BCUT2D eigenvalue weighted by Crippen LogP contribution is -2.34. The molecule has 0 bridgehead atoms. The lowest BCUT2D eigenvalue weighted by Gasteiger charge is -2.17. The fraction of sp³-hybridized carbons (Fsp3) is 0.267. The van der Waals surface area contributed by atoms with Gasteiger partial charge in [0.15, 0.2) is 0 Å². The first kappa shape index (κ1) is 14.0. The van der Waals surface area contributed by atoms with E-state index in [0.29, 0.717) is 11.4 Å². The van der Waals surface area contributed by atoms with Gasteiger partial charge in [0, 0.05) is 17.1 Å². The van der Waals surface area contributed by atoms with Crippen LogP contribution in [0.25, 0.3) is 0 Å². The number of nitrogens with one attached hydrogen (secondary N) is 1. The summed E-state index contributed by atoms with van der Waals surface area (Å²) in [6, 6.07) is 10.3. The molecule has 1 amide bonds. The summed E-state index contributed by atoms with van der Waals surface area (Å²) in [6.07, 6.45) is 0. The number of carbonyl (C=O) groups is 1. The van der Waals surface area contributed by atoms with E-state index in [9.17, 15) is 9.59 Å². The maximum Gasteiger partial charge on any atom is 0.348 e. The zero-order valence-electron chi connectivity index (χ0n) is 11.8. The molecule has 5 nitrogen and oxygen atoms in total. The number of para-hydroxylation sites is 1. The topological polar surface area (TPSA) is 64.0 Å². The van der Waals surface area contributed by atoms with Gasteiger partial charge < -0.3 is 5.32 Å². The van der Waals surface area contributed by atoms with Crippen LogP contribution in [-0.4, -0.2) is 15.5 Å². The Balaban J connectivity index is 2.26. The summed E-state index contributed by atoms with van der Waals surface area (Å²) in [5.74, 6) is -0.243. The molecule has 1 N–H and O–H groups in total. The molecule has 2 rings (SSSR count). The highest BCUT2D eigenvalue weighted by atomic mass is 16.2. The van der Waals surface area contributed by atoms with Crippen LogP contribution in [0.15, 0.2) is 41.2 Å². The molecule has 0 aliphatic rings. The molecular formula is C15H17N3O2. The van der Waals surface area contributed by atoms with Crippen molar-refractivity contribution in [2.24, 2.45) is 0 Å². The van der Waals surface area contributed by atoms with Gasteiger partial charge in [-0.2, -0.15) is 4.98 Å². The third-order valence-corrected chi connectivity index (χ3v) is 3.08. The molecule has 0 radical (unpaired) electrons. The summed E-state index contributed by atoms with van der Waals surface area (Å²) in [5.41, 5.74) is 1.67. The number of aromatic nitrogens is 2. The molecule has 104 valence electrons. The molecule has 2 aromatic rings. The van der Waals surface area contributed by atoms with Crippen molar-refractivity contribution in [3.05, 3.63) is 58.3 Å². The van der Waals surface area contributed by atoms with Gasteiger partial charge in [-0.15, -0.1) is 0 Å². The van der Waals surface area contributed by atoms with Gasteiger partial charge in [0.2, 0.25) is 5.91 Å². The molecular weight excluding hydrogens is 254 g/mol. The van der Waals surface area contributed by atoms with E-state index in [1.165, 1.54) is 4.57 Å². The zero-order chi connectivity index (χ0) is 14.7. The monoisotopic (exact) mass is 271 g/mol. The van der Waals surface area contributed by atoms with E-state index >= 15 is 0 Å². The summed E-state index contributed by atoms with van der Waals surface area (Å²) in [5, 5.41) is 2.78. The fourth-order valence-electron chi connectivity index (χ4n) is 2.12. The van der Waals surface area contributed by atoms with E-state index in [4.69, 9.17) is 0 Å². The minimum Gasteiger partial charge on any atom is -0.324 e. The minimum absolute atomic E-state index is 0.243. The van der Waals surface area contributed by atoms with Crippen LogP contribution in [0.1, 0.15) is 24.4 Å². The Kier molecular flexibility index (Phi) is 3.98. The largest absolute Gasteiger partial charge is 0.348 e. The number of amides is 1. The molecule has 1 unspecified atom stereocenters. The Bertz CT molecular complexity index is 677. The average molecular weight is 271 g/mol. The standard InChI is InChI=1S/C15H17N3O2/c1-10-9-11(2)18(15(20)16-10)12(3)14(19)17-13-7-5-4-6-8-13/h4-9,12H,1-3H3,(H,17,19). The zero-order valence-corrected chi connectivity index (χ0v) is 11.8. The average Bonchev–Trinajstić information content (AvgIpc) is 2.38. The number of benzene rings is 1. The molecule has 1 aromatic heterocycles. The quantitative estimate of drug-likeness (QED) is 0.929. The Labute approximate surface area is 117 Å². The molecule has 0 spiro atoms. The van der Waals surface area contributed by atoms with Crippen LogP contribution in [0, 0.1) is 13.8 Å². The molecule has 1 atom stereocenters. The number of hydrogen-bond donors (Lipinski definition) is 1. The summed E-state index contributed by atoms with van der Waals surface area (Å²) in [6.45, 7) is 5.24. The molecule has 0 fully saturated rings. The first-order chi connectivity index (χ1) is 9.49. The van der Waals surface area contributed by atoms with Gasteiger partial charge in [-0.05, 0) is 39.0 Å². The normalized spacial score (nSPS) is 11.9. The number of rotatable bonds is 3. The van der Waals surface area contributed by atoms with Crippen LogP contribution >= 0.6 is 0 Å². The van der Waals surface area contributed by atoms with Crippen LogP contribution in [0.3, 0.4) is 0 Å². The van der Waals surface area contributed by atoms with Crippen molar-refractivity contribution in [3.63, 3.8) is 0 Å². The van der Waals surface area contributed by atoms with E-state index in [1.54, 1.807) is 39.0 Å². The lowest BCUT2D eigenvalue weighted by molar-refractivity contribution is -0.118. The predicted molar refractivity (Wildman–Crippen MR) is 77.8 cm³/mol. The number of aryl methyl sites for hydroxylation is 2. The first-order valence-electron chi connectivity index (χ1n) is 6.41. The van der Waals surface area contributed by atoms with Crippen molar-refractivity contribution in [2.75, 3.05) is 5.32 Å². The Morgan fingerprint density at radius 2 is 1.90 bits per heavy atom. The molecule has 0 saturated carbocycles. The van der Waals surface area contributed by atoms with Gasteiger partial charge >= 0.3 is 5.69 Å². The van der Waals surface area contributed by atoms with E-state index in [0.717, 1.165) is 5.69 Å². The summed E-state index contributed by atoms with van der Waals surface area (Å²) in [4.78, 5) is 28.0. The van der Waals surface area contributed by atoms with Crippen molar-refractivity contribution in [2.45, 2.75) is 26.8 Å². The van der Waals surface area contributed by atoms with Crippen molar-refractivity contribution < 1.29 is 4.79 Å². The number of carbonyl (C=O) groups excluding carboxylic acids is 1. The van der Waals surface area contributed by atoms with Gasteiger partial charge in [-0.1, -0.05) is 18.2 Å². The summed E-state index contributed by atoms with van der Waals surface area (Å²) >= 11 is 0. The van der Waals surface area contributed by atoms with Crippen molar-refractivity contribution in [1.29, 1.82) is 0 Å². The molecule has 0 saturated heterocycles. The van der Waals surface area contributed by atoms with Gasteiger partial charge in [0.1, 0.15) is 6.04 Å². The van der Waals surface area contributed by atoms with E-state index < -0.39 is 11.7 Å². The van der Waals surface area contributed by atoms with E-state index in [-0.39, 0.29) is 5.91 Å². The first-order valence-corrected chi connectivity index (χ1v) is 6.41. The lowest BCUT2D eigenvalue weighted by atomic mass is 10.2. The van der Waals surface area contributed by atoms with Crippen molar-refractivity contribution in [3.8, 4) is 0 Å². The number of hydrogen-bond acceptors (Lipinski definition) is 3. The molecule has 1 heterocycles. The Morgan fingerprint density at radius 1 is 1.25 bits per heavy atom. The van der Waals surface area contributed by atoms with Crippen molar-refractivity contribution >= 4 is 11.6 Å². The highest BCUT2D eigenvalue weighted by molar-refractivity contribution is 5.93. The predicted octanol–water partition coefficient (Wildman–Crippen LogP) is 2.06. The fourth-order valence-corrected chi connectivity index (χ4v) is 2.12. The van der Waals surface area contributed by atoms with Gasteiger partial charge in [0.25, 0.3) is 0 Å². The third kappa shape index (κ3) is 2.93. The maximum atomic E-state index is 12.2. The second-order valence-electron chi connectivity index (χ2n) is 4.72. The molecule has 20 heavy (non-hydrogen) atoms. The van der Waals surface area contributed by atoms with Crippen LogP contribution in [0.5, 0.6) is 0 Å². The molecule has 5 heteroatoms. The molecule has 0 aliphatic heterocycles. The Hall–Kier alpha value is -2.43. The molecule has 1 aromatic carbocycles. The summed E-state index contributed by atoms with van der Waals surface area (Å²) < 4.78 is 1.39. The molecule has 0 aliphatic carbocycles. The van der Waals surface area contributed by atoms with Gasteiger partial charge in [-0.25, -0.2) is 4.79 Å². The van der Waals surface area contributed by atoms with Crippen LogP contribution < -0.4 is 11.0 Å². The maximum absolute atomic E-state index is 12.2.